The average molecular weight is 517 g/mol. The van der Waals surface area contributed by atoms with E-state index in [2.05, 4.69) is 5.32 Å². The summed E-state index contributed by atoms with van der Waals surface area (Å²) in [6, 6.07) is 16.5. The van der Waals surface area contributed by atoms with Gasteiger partial charge in [-0.3, -0.25) is 9.10 Å². The normalized spacial score (nSPS) is 15.1. The number of sulfonamides is 1. The van der Waals surface area contributed by atoms with Gasteiger partial charge in [-0.1, -0.05) is 35.4 Å². The molecule has 1 atom stereocenters. The number of hydrogen-bond acceptors (Lipinski definition) is 6. The molecule has 1 amide bonds. The first kappa shape index (κ1) is 24.7. The van der Waals surface area contributed by atoms with E-state index in [9.17, 15) is 13.2 Å². The summed E-state index contributed by atoms with van der Waals surface area (Å²) in [6.45, 7) is 1.86. The van der Waals surface area contributed by atoms with Gasteiger partial charge in [0, 0.05) is 11.6 Å². The van der Waals surface area contributed by atoms with Gasteiger partial charge in [-0.2, -0.15) is 0 Å². The van der Waals surface area contributed by atoms with Gasteiger partial charge in [-0.05, 0) is 55.0 Å². The highest BCUT2D eigenvalue weighted by molar-refractivity contribution is 7.92. The molecular weight excluding hydrogens is 492 g/mol. The van der Waals surface area contributed by atoms with Crippen LogP contribution in [0.1, 0.15) is 11.1 Å². The third-order valence-corrected chi connectivity index (χ3v) is 7.64. The summed E-state index contributed by atoms with van der Waals surface area (Å²) in [4.78, 5) is 13.2. The van der Waals surface area contributed by atoms with Gasteiger partial charge < -0.3 is 19.5 Å². The van der Waals surface area contributed by atoms with Crippen LogP contribution in [0.2, 0.25) is 5.02 Å². The minimum Gasteiger partial charge on any atom is -0.493 e. The molecule has 0 radical (unpaired) electrons. The fraction of sp³-hybridized carbons (Fsp3) is 0.240. The topological polar surface area (TPSA) is 94.2 Å². The van der Waals surface area contributed by atoms with Crippen LogP contribution in [0.5, 0.6) is 17.2 Å². The molecule has 184 valence electrons. The number of amides is 1. The standard InChI is InChI=1S/C25H25ClN2O6S/c1-16-4-8-19(9-5-16)35(30,31)28-15-24(34-21-11-7-18(26)13-20(21)28)25(29)27-14-17-6-10-22(32-2)23(12-17)33-3/h4-13,24H,14-15H2,1-3H3,(H,27,29). The summed E-state index contributed by atoms with van der Waals surface area (Å²) >= 11 is 6.15. The van der Waals surface area contributed by atoms with Crippen molar-refractivity contribution in [3.63, 3.8) is 0 Å². The predicted molar refractivity (Wildman–Crippen MR) is 133 cm³/mol. The number of rotatable bonds is 7. The van der Waals surface area contributed by atoms with Crippen LogP contribution in [0.15, 0.2) is 65.6 Å². The maximum Gasteiger partial charge on any atom is 0.264 e. The Morgan fingerprint density at radius 1 is 1.06 bits per heavy atom. The van der Waals surface area contributed by atoms with Gasteiger partial charge in [0.2, 0.25) is 0 Å². The Morgan fingerprint density at radius 3 is 2.46 bits per heavy atom. The molecule has 8 nitrogen and oxygen atoms in total. The highest BCUT2D eigenvalue weighted by atomic mass is 35.5. The van der Waals surface area contributed by atoms with Gasteiger partial charge in [0.1, 0.15) is 5.75 Å². The molecule has 35 heavy (non-hydrogen) atoms. The first-order chi connectivity index (χ1) is 16.7. The Kier molecular flexibility index (Phi) is 7.09. The molecule has 1 heterocycles. The summed E-state index contributed by atoms with van der Waals surface area (Å²) in [5.74, 6) is 0.909. The predicted octanol–water partition coefficient (Wildman–Crippen LogP) is 3.94. The fourth-order valence-electron chi connectivity index (χ4n) is 3.72. The zero-order valence-corrected chi connectivity index (χ0v) is 21.0. The van der Waals surface area contributed by atoms with Gasteiger partial charge in [0.05, 0.1) is 31.3 Å². The molecule has 3 aromatic carbocycles. The van der Waals surface area contributed by atoms with Gasteiger partial charge in [0.25, 0.3) is 15.9 Å². The highest BCUT2D eigenvalue weighted by Gasteiger charge is 2.37. The largest absolute Gasteiger partial charge is 0.493 e. The maximum atomic E-state index is 13.5. The number of hydrogen-bond donors (Lipinski definition) is 1. The lowest BCUT2D eigenvalue weighted by atomic mass is 10.2. The quantitative estimate of drug-likeness (QED) is 0.511. The molecule has 1 unspecified atom stereocenters. The SMILES string of the molecule is COc1ccc(CNC(=O)C2CN(S(=O)(=O)c3ccc(C)cc3)c3cc(Cl)ccc3O2)cc1OC. The molecule has 4 rings (SSSR count). The van der Waals surface area contributed by atoms with E-state index in [1.54, 1.807) is 49.6 Å². The van der Waals surface area contributed by atoms with Crippen LogP contribution in [0, 0.1) is 6.92 Å². The summed E-state index contributed by atoms with van der Waals surface area (Å²) in [7, 11) is -0.902. The number of halogens is 1. The number of nitrogens with one attached hydrogen (secondary N) is 1. The fourth-order valence-corrected chi connectivity index (χ4v) is 5.35. The first-order valence-electron chi connectivity index (χ1n) is 10.8. The van der Waals surface area contributed by atoms with Crippen LogP contribution in [-0.4, -0.2) is 41.2 Å². The van der Waals surface area contributed by atoms with Crippen molar-refractivity contribution in [1.29, 1.82) is 0 Å². The number of fused-ring (bicyclic) bond motifs is 1. The molecule has 0 bridgehead atoms. The molecule has 1 aliphatic rings. The van der Waals surface area contributed by atoms with E-state index in [1.165, 1.54) is 29.6 Å². The van der Waals surface area contributed by atoms with Crippen LogP contribution in [-0.2, 0) is 21.4 Å². The van der Waals surface area contributed by atoms with Crippen molar-refractivity contribution in [2.24, 2.45) is 0 Å². The molecule has 3 aromatic rings. The molecule has 0 aliphatic carbocycles. The zero-order chi connectivity index (χ0) is 25.2. The third kappa shape index (κ3) is 5.16. The molecule has 0 saturated carbocycles. The number of carbonyl (C=O) groups is 1. The molecule has 10 heteroatoms. The van der Waals surface area contributed by atoms with E-state index in [-0.39, 0.29) is 29.4 Å². The van der Waals surface area contributed by atoms with Crippen LogP contribution in [0.25, 0.3) is 0 Å². The van der Waals surface area contributed by atoms with Crippen molar-refractivity contribution in [2.45, 2.75) is 24.5 Å². The number of nitrogens with zero attached hydrogens (tertiary/aromatic N) is 1. The lowest BCUT2D eigenvalue weighted by Gasteiger charge is -2.35. The monoisotopic (exact) mass is 516 g/mol. The molecular formula is C25H25ClN2O6S. The van der Waals surface area contributed by atoms with E-state index < -0.39 is 22.0 Å². The number of methoxy groups -OCH3 is 2. The van der Waals surface area contributed by atoms with Gasteiger partial charge >= 0.3 is 0 Å². The second-order valence-corrected chi connectivity index (χ2v) is 10.3. The second-order valence-electron chi connectivity index (χ2n) is 7.97. The Balaban J connectivity index is 1.58. The Bertz CT molecular complexity index is 1340. The summed E-state index contributed by atoms with van der Waals surface area (Å²) < 4.78 is 44.6. The smallest absolute Gasteiger partial charge is 0.264 e. The van der Waals surface area contributed by atoms with E-state index in [4.69, 9.17) is 25.8 Å². The van der Waals surface area contributed by atoms with Crippen LogP contribution >= 0.6 is 11.6 Å². The van der Waals surface area contributed by atoms with E-state index in [0.717, 1.165) is 11.1 Å². The summed E-state index contributed by atoms with van der Waals surface area (Å²) in [6.07, 6.45) is -1.07. The summed E-state index contributed by atoms with van der Waals surface area (Å²) in [5, 5.41) is 3.17. The molecule has 0 spiro atoms. The lowest BCUT2D eigenvalue weighted by molar-refractivity contribution is -0.127. The number of aryl methyl sites for hydroxylation is 1. The average Bonchev–Trinajstić information content (AvgIpc) is 2.86. The highest BCUT2D eigenvalue weighted by Crippen LogP contribution is 2.39. The summed E-state index contributed by atoms with van der Waals surface area (Å²) in [5.41, 5.74) is 1.99. The molecule has 0 fully saturated rings. The van der Waals surface area contributed by atoms with Crippen molar-refractivity contribution in [3.8, 4) is 17.2 Å². The lowest BCUT2D eigenvalue weighted by Crippen LogP contribution is -2.50. The Hall–Kier alpha value is -3.43. The van der Waals surface area contributed by atoms with E-state index >= 15 is 0 Å². The molecule has 0 saturated heterocycles. The molecule has 0 aromatic heterocycles. The van der Waals surface area contributed by atoms with Crippen LogP contribution < -0.4 is 23.8 Å². The third-order valence-electron chi connectivity index (χ3n) is 5.61. The van der Waals surface area contributed by atoms with Gasteiger partial charge in [-0.25, -0.2) is 8.42 Å². The molecule has 1 N–H and O–H groups in total. The number of carbonyl (C=O) groups excluding carboxylic acids is 1. The minimum absolute atomic E-state index is 0.111. The Labute approximate surface area is 209 Å². The maximum absolute atomic E-state index is 13.5. The van der Waals surface area contributed by atoms with E-state index in [0.29, 0.717) is 16.5 Å². The van der Waals surface area contributed by atoms with Crippen molar-refractivity contribution < 1.29 is 27.4 Å². The minimum atomic E-state index is -3.97. The van der Waals surface area contributed by atoms with Crippen LogP contribution in [0.3, 0.4) is 0 Å². The van der Waals surface area contributed by atoms with Gasteiger partial charge in [0.15, 0.2) is 17.6 Å². The van der Waals surface area contributed by atoms with Crippen LogP contribution in [0.4, 0.5) is 5.69 Å². The van der Waals surface area contributed by atoms with Crippen molar-refractivity contribution in [3.05, 3.63) is 76.8 Å². The van der Waals surface area contributed by atoms with Crippen molar-refractivity contribution in [2.75, 3.05) is 25.1 Å². The number of anilines is 1. The molecule has 1 aliphatic heterocycles. The van der Waals surface area contributed by atoms with E-state index in [1.807, 2.05) is 6.92 Å². The zero-order valence-electron chi connectivity index (χ0n) is 19.4. The second kappa shape index (κ2) is 10.1. The Morgan fingerprint density at radius 2 is 1.77 bits per heavy atom. The number of benzene rings is 3. The van der Waals surface area contributed by atoms with Crippen molar-refractivity contribution >= 4 is 33.2 Å². The number of ether oxygens (including phenoxy) is 3. The van der Waals surface area contributed by atoms with Gasteiger partial charge in [-0.15, -0.1) is 0 Å². The first-order valence-corrected chi connectivity index (χ1v) is 12.6. The van der Waals surface area contributed by atoms with Crippen molar-refractivity contribution in [1.82, 2.24) is 5.32 Å².